The molecule has 0 saturated carbocycles. The van der Waals surface area contributed by atoms with Crippen molar-refractivity contribution in [3.8, 4) is 0 Å². The Morgan fingerprint density at radius 2 is 1.80 bits per heavy atom. The third kappa shape index (κ3) is 2.42. The number of aliphatic hydroxyl groups excluding tert-OH is 1. The molecule has 124 valence electrons. The molecule has 2 aromatic carbocycles. The number of thiazole rings is 1. The van der Waals surface area contributed by atoms with Crippen molar-refractivity contribution in [2.75, 3.05) is 4.90 Å². The van der Waals surface area contributed by atoms with Crippen LogP contribution >= 0.6 is 11.3 Å². The number of para-hydroxylation sites is 1. The molecule has 4 rings (SSSR count). The Bertz CT molecular complexity index is 990. The maximum atomic E-state index is 12.7. The van der Waals surface area contributed by atoms with E-state index < -0.39 is 17.7 Å². The highest BCUT2D eigenvalue weighted by atomic mass is 32.1. The van der Waals surface area contributed by atoms with Gasteiger partial charge in [0.15, 0.2) is 16.7 Å². The van der Waals surface area contributed by atoms with Gasteiger partial charge in [-0.25, -0.2) is 4.98 Å². The number of anilines is 1. The van der Waals surface area contributed by atoms with E-state index >= 15 is 0 Å². The van der Waals surface area contributed by atoms with Gasteiger partial charge >= 0.3 is 0 Å². The molecule has 1 amide bonds. The zero-order valence-electron chi connectivity index (χ0n) is 13.3. The predicted molar refractivity (Wildman–Crippen MR) is 96.6 cm³/mol. The van der Waals surface area contributed by atoms with Crippen LogP contribution in [0.5, 0.6) is 0 Å². The number of ketones is 1. The summed E-state index contributed by atoms with van der Waals surface area (Å²) in [5, 5.41) is 10.8. The van der Waals surface area contributed by atoms with Crippen molar-refractivity contribution in [2.45, 2.75) is 13.0 Å². The van der Waals surface area contributed by atoms with Crippen molar-refractivity contribution in [2.24, 2.45) is 0 Å². The zero-order valence-corrected chi connectivity index (χ0v) is 14.2. The average Bonchev–Trinajstić information content (AvgIpc) is 3.15. The van der Waals surface area contributed by atoms with E-state index in [1.54, 1.807) is 0 Å². The van der Waals surface area contributed by atoms with Crippen molar-refractivity contribution in [3.05, 3.63) is 71.5 Å². The molecule has 1 N–H and O–H groups in total. The molecule has 0 bridgehead atoms. The number of Topliss-reactive ketones (excluding diaryl/α,β-unsaturated/α-hetero) is 1. The fourth-order valence-corrected chi connectivity index (χ4v) is 4.07. The molecular weight excluding hydrogens is 336 g/mol. The van der Waals surface area contributed by atoms with Crippen LogP contribution in [-0.2, 0) is 9.59 Å². The summed E-state index contributed by atoms with van der Waals surface area (Å²) in [6.07, 6.45) is 0. The normalized spacial score (nSPS) is 17.6. The van der Waals surface area contributed by atoms with Crippen molar-refractivity contribution in [3.63, 3.8) is 0 Å². The van der Waals surface area contributed by atoms with E-state index in [2.05, 4.69) is 4.98 Å². The summed E-state index contributed by atoms with van der Waals surface area (Å²) in [7, 11) is 0. The second kappa shape index (κ2) is 5.82. The molecule has 2 heterocycles. The van der Waals surface area contributed by atoms with E-state index in [9.17, 15) is 14.7 Å². The van der Waals surface area contributed by atoms with Gasteiger partial charge in [0.25, 0.3) is 5.91 Å². The Morgan fingerprint density at radius 3 is 2.48 bits per heavy atom. The lowest BCUT2D eigenvalue weighted by atomic mass is 9.97. The topological polar surface area (TPSA) is 70.5 Å². The van der Waals surface area contributed by atoms with Crippen molar-refractivity contribution >= 4 is 38.4 Å². The Balaban J connectivity index is 1.90. The van der Waals surface area contributed by atoms with Gasteiger partial charge < -0.3 is 5.11 Å². The highest BCUT2D eigenvalue weighted by Crippen LogP contribution is 2.43. The summed E-state index contributed by atoms with van der Waals surface area (Å²) in [5.41, 5.74) is 1.64. The number of fused-ring (bicyclic) bond motifs is 1. The van der Waals surface area contributed by atoms with Crippen molar-refractivity contribution in [1.82, 2.24) is 4.98 Å². The number of hydrogen-bond donors (Lipinski definition) is 1. The molecule has 0 radical (unpaired) electrons. The SMILES string of the molecule is CC(=O)C1=C(O)C(=O)N(c2nc3ccccc3s2)[C@@H]1c1ccccc1. The van der Waals surface area contributed by atoms with Crippen LogP contribution in [-0.4, -0.2) is 21.8 Å². The number of rotatable bonds is 3. The van der Waals surface area contributed by atoms with Crippen LogP contribution in [0.25, 0.3) is 10.2 Å². The lowest BCUT2D eigenvalue weighted by molar-refractivity contribution is -0.117. The molecule has 1 aromatic heterocycles. The quantitative estimate of drug-likeness (QED) is 0.780. The number of aromatic nitrogens is 1. The predicted octanol–water partition coefficient (Wildman–Crippen LogP) is 3.79. The fraction of sp³-hybridized carbons (Fsp3) is 0.105. The smallest absolute Gasteiger partial charge is 0.296 e. The molecule has 0 aliphatic carbocycles. The van der Waals surface area contributed by atoms with E-state index in [1.165, 1.54) is 23.2 Å². The first-order chi connectivity index (χ1) is 12.1. The second-order valence-corrected chi connectivity index (χ2v) is 6.78. The Labute approximate surface area is 147 Å². The number of nitrogens with zero attached hydrogens (tertiary/aromatic N) is 2. The third-order valence-corrected chi connectivity index (χ3v) is 5.23. The Morgan fingerprint density at radius 1 is 1.12 bits per heavy atom. The van der Waals surface area contributed by atoms with E-state index in [4.69, 9.17) is 0 Å². The third-order valence-electron chi connectivity index (χ3n) is 4.19. The minimum atomic E-state index is -0.674. The summed E-state index contributed by atoms with van der Waals surface area (Å²) < 4.78 is 0.938. The van der Waals surface area contributed by atoms with Gasteiger partial charge in [-0.1, -0.05) is 53.8 Å². The summed E-state index contributed by atoms with van der Waals surface area (Å²) in [6.45, 7) is 1.36. The van der Waals surface area contributed by atoms with Crippen molar-refractivity contribution in [1.29, 1.82) is 0 Å². The van der Waals surface area contributed by atoms with Gasteiger partial charge in [0, 0.05) is 0 Å². The van der Waals surface area contributed by atoms with Gasteiger partial charge in [0.1, 0.15) is 0 Å². The fourth-order valence-electron chi connectivity index (χ4n) is 3.08. The second-order valence-electron chi connectivity index (χ2n) is 5.77. The molecule has 0 fully saturated rings. The van der Waals surface area contributed by atoms with Gasteiger partial charge in [-0.15, -0.1) is 0 Å². The standard InChI is InChI=1S/C19H14N2O3S/c1-11(22)15-16(12-7-3-2-4-8-12)21(18(24)17(15)23)19-20-13-9-5-6-10-14(13)25-19/h2-10,16,23H,1H3/t16-/m1/s1. The summed E-state index contributed by atoms with van der Waals surface area (Å²) in [4.78, 5) is 30.8. The molecule has 5 nitrogen and oxygen atoms in total. The lowest BCUT2D eigenvalue weighted by Crippen LogP contribution is -2.30. The van der Waals surface area contributed by atoms with Gasteiger partial charge in [-0.05, 0) is 24.6 Å². The number of benzene rings is 2. The zero-order chi connectivity index (χ0) is 17.6. The first-order valence-corrected chi connectivity index (χ1v) is 8.57. The first kappa shape index (κ1) is 15.5. The molecule has 25 heavy (non-hydrogen) atoms. The van der Waals surface area contributed by atoms with Gasteiger partial charge in [-0.3, -0.25) is 14.5 Å². The number of carbonyl (C=O) groups excluding carboxylic acids is 2. The summed E-state index contributed by atoms with van der Waals surface area (Å²) in [5.74, 6) is -1.43. The number of hydrogen-bond acceptors (Lipinski definition) is 5. The Kier molecular flexibility index (Phi) is 3.62. The van der Waals surface area contributed by atoms with Crippen LogP contribution in [0.15, 0.2) is 65.9 Å². The molecule has 0 saturated heterocycles. The average molecular weight is 350 g/mol. The summed E-state index contributed by atoms with van der Waals surface area (Å²) in [6, 6.07) is 16.1. The maximum absolute atomic E-state index is 12.7. The Hall–Kier alpha value is -2.99. The van der Waals surface area contributed by atoms with E-state index in [-0.39, 0.29) is 11.4 Å². The van der Waals surface area contributed by atoms with Crippen LogP contribution in [0.1, 0.15) is 18.5 Å². The number of carbonyl (C=O) groups is 2. The number of aliphatic hydroxyl groups is 1. The molecule has 1 atom stereocenters. The molecule has 1 aliphatic heterocycles. The number of amides is 1. The summed E-state index contributed by atoms with van der Waals surface area (Å²) >= 11 is 1.36. The van der Waals surface area contributed by atoms with Crippen LogP contribution in [0.4, 0.5) is 5.13 Å². The van der Waals surface area contributed by atoms with Crippen LogP contribution < -0.4 is 4.90 Å². The first-order valence-electron chi connectivity index (χ1n) is 7.76. The largest absolute Gasteiger partial charge is 0.503 e. The molecule has 1 aliphatic rings. The van der Waals surface area contributed by atoms with Crippen LogP contribution in [0.3, 0.4) is 0 Å². The molecule has 0 unspecified atom stereocenters. The van der Waals surface area contributed by atoms with Crippen LogP contribution in [0, 0.1) is 0 Å². The molecule has 0 spiro atoms. The molecular formula is C19H14N2O3S. The van der Waals surface area contributed by atoms with Gasteiger partial charge in [0.05, 0.1) is 21.8 Å². The molecule has 6 heteroatoms. The van der Waals surface area contributed by atoms with Crippen molar-refractivity contribution < 1.29 is 14.7 Å². The van der Waals surface area contributed by atoms with E-state index in [1.807, 2.05) is 54.6 Å². The highest BCUT2D eigenvalue weighted by molar-refractivity contribution is 7.22. The molecule has 3 aromatic rings. The van der Waals surface area contributed by atoms with Gasteiger partial charge in [0.2, 0.25) is 0 Å². The highest BCUT2D eigenvalue weighted by Gasteiger charge is 2.44. The monoisotopic (exact) mass is 350 g/mol. The van der Waals surface area contributed by atoms with Gasteiger partial charge in [-0.2, -0.15) is 0 Å². The lowest BCUT2D eigenvalue weighted by Gasteiger charge is -2.24. The maximum Gasteiger partial charge on any atom is 0.296 e. The minimum absolute atomic E-state index is 0.107. The minimum Gasteiger partial charge on any atom is -0.503 e. The van der Waals surface area contributed by atoms with Crippen LogP contribution in [0.2, 0.25) is 0 Å². The van der Waals surface area contributed by atoms with E-state index in [0.717, 1.165) is 15.8 Å². The van der Waals surface area contributed by atoms with E-state index in [0.29, 0.717) is 5.13 Å².